The summed E-state index contributed by atoms with van der Waals surface area (Å²) < 4.78 is 74.4. The number of unbranched alkanes of at least 4 members (excludes halogenated alkanes) is 4. The molecule has 23 N–H and O–H groups in total. The van der Waals surface area contributed by atoms with Crippen molar-refractivity contribution in [2.45, 2.75) is 258 Å². The molecule has 0 aromatic heterocycles. The number of phenols is 3. The van der Waals surface area contributed by atoms with Gasteiger partial charge in [0, 0.05) is 42.2 Å². The third kappa shape index (κ3) is 22.2. The number of amides is 8. The van der Waals surface area contributed by atoms with Crippen LogP contribution in [-0.2, 0) is 69.1 Å². The van der Waals surface area contributed by atoms with E-state index in [0.29, 0.717) is 43.5 Å². The van der Waals surface area contributed by atoms with Crippen LogP contribution in [0.2, 0.25) is 5.02 Å². The smallest absolute Gasteiger partial charge is 0.248 e. The van der Waals surface area contributed by atoms with Crippen LogP contribution in [0.15, 0.2) is 102 Å². The molecule has 726 valence electrons. The highest BCUT2D eigenvalue weighted by molar-refractivity contribution is 7.89. The van der Waals surface area contributed by atoms with Crippen LogP contribution >= 0.6 is 11.6 Å². The molecule has 11 aliphatic rings. The standard InChI is InChI=1S/C94H121ClN12O26S/c1-8-9-13-26-127-54-17-19-55(20-18-54)134(125,126)100-25-12-10-11-24-99-41-58-63(110)38-57-71(80(58)114)56-34-48(14-21-62(56)109)73-88(120)107-77(92(124)105-75(57)90(122)102-72-51-30-46-29-47(32-51)33-52(72)31-46)79(113)50-16-23-65(59(95)35-50)130-67-37-53-36-66(83(67)133-93-84(82(116)81(115)68(42-108)131-93)132-70-40-94(6,97)85(117)45(5)128-70)129-64-22-15-49(28-44(64)4)78(112)76(106-86(118)60(98-7)27-43(2)3)91(123)101-61(39-69(96)111)87(119)103-74(53)89(121)104-73/h14-23,28,34-38,43,45-47,51-52,60-61,68,70,72-79,81-82,84-85,93,98-100,108-110,112-117H,8-13,24-27,29-33,39-42,97H2,1-7H3,(H2,96,111)(H,101,123)(H,102,122)(H,103,119)(H,104,121)(H,105,124)(H,106,118)(H,107,120)/t45-,46?,47?,51?,52?,60+,61-,68+,70-,72?,73+,74+,75-,76+,77-,78+,79+,81+,82-,84+,85+,93-,94-/m0/s1. The van der Waals surface area contributed by atoms with Gasteiger partial charge in [0.1, 0.15) is 101 Å². The van der Waals surface area contributed by atoms with E-state index in [9.17, 15) is 64.0 Å². The quantitative estimate of drug-likeness (QED) is 0.0289. The van der Waals surface area contributed by atoms with Crippen LogP contribution in [0.5, 0.6) is 51.7 Å². The van der Waals surface area contributed by atoms with Crippen molar-refractivity contribution < 1.29 is 126 Å². The van der Waals surface area contributed by atoms with Crippen molar-refractivity contribution in [3.63, 3.8) is 0 Å². The fourth-order valence-electron chi connectivity index (χ4n) is 19.7. The van der Waals surface area contributed by atoms with Crippen molar-refractivity contribution in [3.05, 3.63) is 141 Å². The number of aromatic hydroxyl groups is 3. The van der Waals surface area contributed by atoms with Crippen LogP contribution < -0.4 is 83.0 Å². The van der Waals surface area contributed by atoms with E-state index in [-0.39, 0.29) is 106 Å². The number of nitrogens with two attached hydrogens (primary N) is 2. The number of rotatable bonds is 29. The number of halogens is 1. The van der Waals surface area contributed by atoms with E-state index in [0.717, 1.165) is 87.8 Å². The molecule has 0 radical (unpaired) electrons. The third-order valence-corrected chi connectivity index (χ3v) is 28.4. The van der Waals surface area contributed by atoms with Crippen molar-refractivity contribution in [2.75, 3.05) is 33.4 Å². The third-order valence-electron chi connectivity index (χ3n) is 26.6. The maximum atomic E-state index is 16.7. The van der Waals surface area contributed by atoms with Gasteiger partial charge in [-0.1, -0.05) is 69.8 Å². The lowest BCUT2D eigenvalue weighted by Crippen LogP contribution is -2.64. The predicted octanol–water partition coefficient (Wildman–Crippen LogP) is 4.42. The Morgan fingerprint density at radius 2 is 1.34 bits per heavy atom. The highest BCUT2D eigenvalue weighted by Gasteiger charge is 2.54. The Kier molecular flexibility index (Phi) is 31.4. The second-order valence-corrected chi connectivity index (χ2v) is 39.3. The number of hydrogen-bond acceptors (Lipinski definition) is 29. The van der Waals surface area contributed by atoms with Gasteiger partial charge in [0.2, 0.25) is 69.3 Å². The average Bonchev–Trinajstić information content (AvgIpc) is 0.736. The highest BCUT2D eigenvalue weighted by atomic mass is 35.5. The molecular formula is C94H121ClN12O26S. The number of phenolic OH excluding ortho intramolecular Hbond substituents is 3. The van der Waals surface area contributed by atoms with Gasteiger partial charge in [-0.25, -0.2) is 13.1 Å². The molecule has 6 fully saturated rings. The van der Waals surface area contributed by atoms with Crippen LogP contribution in [0, 0.1) is 36.5 Å². The molecule has 6 aromatic carbocycles. The van der Waals surface area contributed by atoms with Gasteiger partial charge >= 0.3 is 0 Å². The second kappa shape index (κ2) is 42.3. The number of likely N-dealkylation sites (N-methyl/N-ethyl adjacent to an activating group) is 1. The Bertz CT molecular complexity index is 5440. The number of aliphatic hydroxyl groups is 6. The summed E-state index contributed by atoms with van der Waals surface area (Å²) in [6.07, 6.45) is -9.95. The van der Waals surface area contributed by atoms with Crippen molar-refractivity contribution in [2.24, 2.45) is 41.1 Å². The number of aryl methyl sites for hydroxylation is 1. The first kappa shape index (κ1) is 99.4. The molecule has 15 bridgehead atoms. The normalized spacial score (nSPS) is 29.3. The Morgan fingerprint density at radius 3 is 1.99 bits per heavy atom. The summed E-state index contributed by atoms with van der Waals surface area (Å²) in [6, 6.07) is 6.16. The lowest BCUT2D eigenvalue weighted by atomic mass is 9.54. The fourth-order valence-corrected chi connectivity index (χ4v) is 21.0. The summed E-state index contributed by atoms with van der Waals surface area (Å²) in [7, 11) is -2.40. The van der Waals surface area contributed by atoms with E-state index in [4.69, 9.17) is 56.2 Å². The Labute approximate surface area is 779 Å². The molecule has 17 rings (SSSR count). The van der Waals surface area contributed by atoms with Gasteiger partial charge in [-0.3, -0.25) is 38.4 Å². The first-order valence-electron chi connectivity index (χ1n) is 45.6. The van der Waals surface area contributed by atoms with E-state index in [1.165, 1.54) is 76.3 Å². The van der Waals surface area contributed by atoms with Gasteiger partial charge in [-0.2, -0.15) is 0 Å². The number of carbonyl (C=O) groups excluding carboxylic acids is 8. The number of carbonyl (C=O) groups is 8. The molecule has 7 aliphatic heterocycles. The summed E-state index contributed by atoms with van der Waals surface area (Å²) in [4.78, 5) is 124. The van der Waals surface area contributed by atoms with Crippen molar-refractivity contribution >= 4 is 68.9 Å². The summed E-state index contributed by atoms with van der Waals surface area (Å²) in [6.45, 7) is 9.84. The van der Waals surface area contributed by atoms with Crippen LogP contribution in [-0.4, -0.2) is 220 Å². The van der Waals surface area contributed by atoms with Gasteiger partial charge < -0.3 is 138 Å². The minimum Gasteiger partial charge on any atom is -0.507 e. The molecule has 4 aliphatic carbocycles. The maximum Gasteiger partial charge on any atom is 0.248 e. The van der Waals surface area contributed by atoms with Crippen LogP contribution in [0.4, 0.5) is 0 Å². The van der Waals surface area contributed by atoms with Gasteiger partial charge in [-0.15, -0.1) is 0 Å². The molecule has 6 aromatic rings. The zero-order valence-electron chi connectivity index (χ0n) is 75.4. The highest BCUT2D eigenvalue weighted by Crippen LogP contribution is 2.55. The lowest BCUT2D eigenvalue weighted by molar-refractivity contribution is -0.333. The molecule has 2 saturated heterocycles. The molecule has 8 amide bonds. The van der Waals surface area contributed by atoms with E-state index in [1.54, 1.807) is 12.1 Å². The Morgan fingerprint density at radius 1 is 0.687 bits per heavy atom. The van der Waals surface area contributed by atoms with Gasteiger partial charge in [0.25, 0.3) is 0 Å². The molecule has 40 heteroatoms. The minimum atomic E-state index is -3.90. The zero-order valence-corrected chi connectivity index (χ0v) is 76.9. The van der Waals surface area contributed by atoms with Crippen molar-refractivity contribution in [3.8, 4) is 62.9 Å². The fraction of sp³-hybridized carbons (Fsp3) is 0.532. The molecule has 0 unspecified atom stereocenters. The molecular weight excluding hydrogens is 1780 g/mol. The first-order valence-corrected chi connectivity index (χ1v) is 47.5. The van der Waals surface area contributed by atoms with E-state index in [2.05, 4.69) is 59.5 Å². The maximum absolute atomic E-state index is 16.7. The summed E-state index contributed by atoms with van der Waals surface area (Å²) in [5.74, 6) is -12.5. The average molecular weight is 1900 g/mol. The summed E-state index contributed by atoms with van der Waals surface area (Å²) in [5, 5.41) is 134. The number of hydrogen-bond donors (Lipinski definition) is 21. The topological polar surface area (TPSA) is 590 Å². The first-order chi connectivity index (χ1) is 63.8. The number of ether oxygens (including phenoxy) is 7. The van der Waals surface area contributed by atoms with Gasteiger partial charge in [0.05, 0.1) is 53.4 Å². The van der Waals surface area contributed by atoms with E-state index >= 15 is 28.8 Å². The second-order valence-electron chi connectivity index (χ2n) is 37.1. The number of aliphatic hydroxyl groups excluding tert-OH is 6. The van der Waals surface area contributed by atoms with E-state index < -0.39 is 236 Å². The molecule has 7 heterocycles. The van der Waals surface area contributed by atoms with Gasteiger partial charge in [0.15, 0.2) is 23.9 Å². The SMILES string of the molecule is CCCCCOc1ccc(S(=O)(=O)NCCCCCNCc2c(O)cc3c(c2O)-c2cc(ccc2O)[C@H]2NC(=O)[C@@H]4NC(=O)[C@H](CC(N)=O)NC(=O)[C@H](NC(=O)[C@@H](CC(C)C)NC)[C@H](O)c5ccc(c(C)c5)Oc5cc4cc(c5O[C@@H]4O[C@H](CO)[C@@H](O)[C@H](O)[C@H]4O[C@H]4C[C@](C)(N)[C@H](O)[C@H](C)O4)Oc4ccc(cc4Cl)[C@@H](O)[C@H](NC2=O)C(=O)N[C@@H]3C(=O)NC2C3CC4CC(C3)CC2C4)cc1. The van der Waals surface area contributed by atoms with Crippen molar-refractivity contribution in [1.29, 1.82) is 0 Å². The molecule has 134 heavy (non-hydrogen) atoms. The van der Waals surface area contributed by atoms with Crippen LogP contribution in [0.3, 0.4) is 0 Å². The largest absolute Gasteiger partial charge is 0.507 e. The Balaban J connectivity index is 0.902. The summed E-state index contributed by atoms with van der Waals surface area (Å²) >= 11 is 7.33. The zero-order chi connectivity index (χ0) is 96.2. The number of nitrogens with one attached hydrogen (secondary N) is 10. The monoisotopic (exact) mass is 1900 g/mol. The number of primary amides is 1. The molecule has 0 spiro atoms. The number of benzene rings is 6. The number of sulfonamides is 1. The number of fused-ring (bicyclic) bond motifs is 15. The predicted molar refractivity (Wildman–Crippen MR) is 483 cm³/mol. The van der Waals surface area contributed by atoms with Crippen LogP contribution in [0.1, 0.15) is 194 Å². The lowest BCUT2D eigenvalue weighted by Gasteiger charge is -2.54. The molecule has 18 atom stereocenters. The van der Waals surface area contributed by atoms with Gasteiger partial charge in [-0.05, 0) is 234 Å². The minimum absolute atomic E-state index is 0.0197. The van der Waals surface area contributed by atoms with Crippen molar-refractivity contribution in [1.82, 2.24) is 52.6 Å². The Hall–Kier alpha value is -10.6. The van der Waals surface area contributed by atoms with E-state index in [1.807, 2.05) is 13.8 Å². The molecule has 38 nitrogen and oxygen atoms in total. The van der Waals surface area contributed by atoms with Crippen LogP contribution in [0.25, 0.3) is 11.1 Å². The summed E-state index contributed by atoms with van der Waals surface area (Å²) in [5.41, 5.74) is 8.97. The molecule has 4 saturated carbocycles.